The molecule has 18 heavy (non-hydrogen) atoms. The van der Waals surface area contributed by atoms with Crippen molar-refractivity contribution >= 4 is 34.8 Å². The summed E-state index contributed by atoms with van der Waals surface area (Å²) in [5.41, 5.74) is 0.772. The molecule has 0 unspecified atom stereocenters. The molecule has 0 saturated heterocycles. The number of nitrogens with one attached hydrogen (secondary N) is 1. The van der Waals surface area contributed by atoms with Gasteiger partial charge in [-0.1, -0.05) is 23.2 Å². The number of anilines is 1. The van der Waals surface area contributed by atoms with E-state index in [0.29, 0.717) is 20.5 Å². The Hall–Kier alpha value is -1.78. The van der Waals surface area contributed by atoms with Crippen LogP contribution in [0.4, 0.5) is 5.69 Å². The summed E-state index contributed by atoms with van der Waals surface area (Å²) in [4.78, 5) is 11.8. The van der Waals surface area contributed by atoms with Crippen LogP contribution >= 0.6 is 23.2 Å². The van der Waals surface area contributed by atoms with Gasteiger partial charge in [0.1, 0.15) is 5.56 Å². The number of halogens is 2. The first-order valence-electron chi connectivity index (χ1n) is 5.01. The number of carbonyl (C=O) groups excluding carboxylic acids is 1. The molecular weight excluding hydrogens is 275 g/mol. The van der Waals surface area contributed by atoms with Gasteiger partial charge in [0, 0.05) is 11.8 Å². The Morgan fingerprint density at radius 1 is 1.22 bits per heavy atom. The first kappa shape index (κ1) is 12.7. The van der Waals surface area contributed by atoms with Gasteiger partial charge in [-0.2, -0.15) is 4.73 Å². The third kappa shape index (κ3) is 2.91. The summed E-state index contributed by atoms with van der Waals surface area (Å²) < 4.78 is 0.559. The summed E-state index contributed by atoms with van der Waals surface area (Å²) in [6, 6.07) is 7.78. The minimum Gasteiger partial charge on any atom is -0.619 e. The molecule has 0 aliphatic rings. The lowest BCUT2D eigenvalue weighted by Crippen LogP contribution is -2.27. The van der Waals surface area contributed by atoms with Crippen LogP contribution in [0.1, 0.15) is 10.4 Å². The summed E-state index contributed by atoms with van der Waals surface area (Å²) in [6.45, 7) is 0. The molecule has 6 heteroatoms. The molecule has 4 nitrogen and oxygen atoms in total. The van der Waals surface area contributed by atoms with Gasteiger partial charge >= 0.3 is 0 Å². The average molecular weight is 283 g/mol. The maximum absolute atomic E-state index is 11.8. The summed E-state index contributed by atoms with van der Waals surface area (Å²) in [6.07, 6.45) is 2.49. The maximum atomic E-state index is 11.8. The maximum Gasteiger partial charge on any atom is 0.261 e. The van der Waals surface area contributed by atoms with Gasteiger partial charge in [0.15, 0.2) is 12.4 Å². The fourth-order valence-electron chi connectivity index (χ4n) is 1.37. The molecule has 1 N–H and O–H groups in total. The fraction of sp³-hybridized carbons (Fsp3) is 0. The fourth-order valence-corrected chi connectivity index (χ4v) is 1.66. The van der Waals surface area contributed by atoms with E-state index >= 15 is 0 Å². The number of amides is 1. The second kappa shape index (κ2) is 5.25. The Bertz CT molecular complexity index is 602. The topological polar surface area (TPSA) is 56.0 Å². The highest BCUT2D eigenvalue weighted by atomic mass is 35.5. The normalized spacial score (nSPS) is 10.1. The van der Waals surface area contributed by atoms with Crippen LogP contribution in [0, 0.1) is 5.21 Å². The molecule has 2 aromatic rings. The van der Waals surface area contributed by atoms with Crippen molar-refractivity contribution in [3.8, 4) is 0 Å². The molecule has 0 saturated carbocycles. The van der Waals surface area contributed by atoms with E-state index in [1.165, 1.54) is 24.5 Å². The lowest BCUT2D eigenvalue weighted by atomic mass is 10.2. The number of rotatable bonds is 2. The number of carbonyl (C=O) groups is 1. The molecule has 0 atom stereocenters. The molecule has 1 amide bonds. The first-order valence-corrected chi connectivity index (χ1v) is 5.77. The Morgan fingerprint density at radius 2 is 2.00 bits per heavy atom. The average Bonchev–Trinajstić information content (AvgIpc) is 2.34. The SMILES string of the molecule is O=C(Nc1ccc(Cl)c(Cl)c1)c1ccc[n+]([O-])c1. The van der Waals surface area contributed by atoms with Crippen molar-refractivity contribution in [3.63, 3.8) is 0 Å². The summed E-state index contributed by atoms with van der Waals surface area (Å²) in [7, 11) is 0. The van der Waals surface area contributed by atoms with Crippen molar-refractivity contribution in [2.45, 2.75) is 0 Å². The molecular formula is C12H8Cl2N2O2. The largest absolute Gasteiger partial charge is 0.619 e. The van der Waals surface area contributed by atoms with Gasteiger partial charge in [-0.3, -0.25) is 4.79 Å². The summed E-state index contributed by atoms with van der Waals surface area (Å²) in [5, 5.41) is 14.4. The van der Waals surface area contributed by atoms with Gasteiger partial charge in [-0.15, -0.1) is 0 Å². The third-order valence-corrected chi connectivity index (χ3v) is 2.95. The molecule has 0 fully saturated rings. The van der Waals surface area contributed by atoms with Crippen molar-refractivity contribution < 1.29 is 9.52 Å². The zero-order valence-corrected chi connectivity index (χ0v) is 10.6. The Labute approximate surface area is 113 Å². The molecule has 1 aromatic heterocycles. The van der Waals surface area contributed by atoms with E-state index in [4.69, 9.17) is 23.2 Å². The lowest BCUT2D eigenvalue weighted by Gasteiger charge is -2.06. The lowest BCUT2D eigenvalue weighted by molar-refractivity contribution is -0.605. The number of hydrogen-bond donors (Lipinski definition) is 1. The molecule has 0 bridgehead atoms. The molecule has 0 radical (unpaired) electrons. The van der Waals surface area contributed by atoms with Crippen LogP contribution in [0.15, 0.2) is 42.7 Å². The number of aromatic nitrogens is 1. The Morgan fingerprint density at radius 3 is 2.67 bits per heavy atom. The van der Waals surface area contributed by atoms with Gasteiger partial charge in [0.05, 0.1) is 10.0 Å². The molecule has 0 aliphatic heterocycles. The first-order chi connectivity index (χ1) is 8.56. The number of hydrogen-bond acceptors (Lipinski definition) is 2. The van der Waals surface area contributed by atoms with Crippen molar-refractivity contribution in [2.75, 3.05) is 5.32 Å². The van der Waals surface area contributed by atoms with Gasteiger partial charge in [-0.25, -0.2) is 0 Å². The van der Waals surface area contributed by atoms with Gasteiger partial charge in [0.25, 0.3) is 5.91 Å². The van der Waals surface area contributed by atoms with Crippen LogP contribution in [0.25, 0.3) is 0 Å². The van der Waals surface area contributed by atoms with E-state index < -0.39 is 5.91 Å². The number of pyridine rings is 1. The van der Waals surface area contributed by atoms with E-state index in [-0.39, 0.29) is 5.56 Å². The summed E-state index contributed by atoms with van der Waals surface area (Å²) >= 11 is 11.6. The minimum atomic E-state index is -0.390. The van der Waals surface area contributed by atoms with E-state index in [2.05, 4.69) is 5.32 Å². The predicted molar refractivity (Wildman–Crippen MR) is 69.8 cm³/mol. The predicted octanol–water partition coefficient (Wildman–Crippen LogP) is 2.88. The van der Waals surface area contributed by atoms with Crippen molar-refractivity contribution in [3.05, 3.63) is 63.5 Å². The van der Waals surface area contributed by atoms with Crippen molar-refractivity contribution in [1.82, 2.24) is 0 Å². The van der Waals surface area contributed by atoms with Gasteiger partial charge < -0.3 is 10.5 Å². The van der Waals surface area contributed by atoms with E-state index in [9.17, 15) is 10.0 Å². The number of nitrogens with zero attached hydrogens (tertiary/aromatic N) is 1. The van der Waals surface area contributed by atoms with E-state index in [0.717, 1.165) is 0 Å². The second-order valence-electron chi connectivity index (χ2n) is 3.54. The van der Waals surface area contributed by atoms with Gasteiger partial charge in [0.2, 0.25) is 0 Å². The van der Waals surface area contributed by atoms with E-state index in [1.54, 1.807) is 18.2 Å². The van der Waals surface area contributed by atoms with Crippen LogP contribution in [-0.2, 0) is 0 Å². The monoisotopic (exact) mass is 282 g/mol. The zero-order valence-electron chi connectivity index (χ0n) is 9.06. The second-order valence-corrected chi connectivity index (χ2v) is 4.35. The zero-order chi connectivity index (χ0) is 13.1. The van der Waals surface area contributed by atoms with Crippen LogP contribution in [-0.4, -0.2) is 5.91 Å². The van der Waals surface area contributed by atoms with Crippen LogP contribution in [0.2, 0.25) is 10.0 Å². The molecule has 0 spiro atoms. The quantitative estimate of drug-likeness (QED) is 0.680. The number of benzene rings is 1. The smallest absolute Gasteiger partial charge is 0.261 e. The Balaban J connectivity index is 2.18. The minimum absolute atomic E-state index is 0.263. The van der Waals surface area contributed by atoms with Crippen molar-refractivity contribution in [2.24, 2.45) is 0 Å². The van der Waals surface area contributed by atoms with Crippen molar-refractivity contribution in [1.29, 1.82) is 0 Å². The molecule has 1 heterocycles. The van der Waals surface area contributed by atoms with Crippen LogP contribution in [0.5, 0.6) is 0 Å². The highest BCUT2D eigenvalue weighted by molar-refractivity contribution is 6.42. The van der Waals surface area contributed by atoms with Gasteiger partial charge in [-0.05, 0) is 24.3 Å². The van der Waals surface area contributed by atoms with Crippen LogP contribution in [0.3, 0.4) is 0 Å². The highest BCUT2D eigenvalue weighted by Crippen LogP contribution is 2.25. The standard InChI is InChI=1S/C12H8Cl2N2O2/c13-10-4-3-9(6-11(10)14)15-12(17)8-2-1-5-16(18)7-8/h1-7H,(H,15,17). The summed E-state index contributed by atoms with van der Waals surface area (Å²) in [5.74, 6) is -0.390. The van der Waals surface area contributed by atoms with E-state index in [1.807, 2.05) is 0 Å². The molecule has 1 aromatic carbocycles. The molecule has 2 rings (SSSR count). The Kier molecular flexibility index (Phi) is 3.69. The third-order valence-electron chi connectivity index (χ3n) is 2.21. The highest BCUT2D eigenvalue weighted by Gasteiger charge is 2.09. The molecule has 0 aliphatic carbocycles. The van der Waals surface area contributed by atoms with Crippen LogP contribution < -0.4 is 10.0 Å². The molecule has 92 valence electrons.